The van der Waals surface area contributed by atoms with Crippen molar-refractivity contribution in [2.24, 2.45) is 5.73 Å². The van der Waals surface area contributed by atoms with Gasteiger partial charge >= 0.3 is 6.03 Å². The average Bonchev–Trinajstić information content (AvgIpc) is 3.17. The Balaban J connectivity index is 1.95. The summed E-state index contributed by atoms with van der Waals surface area (Å²) in [4.78, 5) is 16.2. The molecule has 0 aliphatic heterocycles. The fourth-order valence-corrected chi connectivity index (χ4v) is 4.06. The molecule has 1 heterocycles. The number of rotatable bonds is 4. The van der Waals surface area contributed by atoms with Gasteiger partial charge in [-0.2, -0.15) is 9.78 Å². The van der Waals surface area contributed by atoms with Gasteiger partial charge in [0.15, 0.2) is 0 Å². The van der Waals surface area contributed by atoms with Crippen molar-refractivity contribution in [1.82, 2.24) is 9.78 Å². The van der Waals surface area contributed by atoms with Gasteiger partial charge in [0.2, 0.25) is 0 Å². The topological polar surface area (TPSA) is 67.4 Å². The molecule has 1 aliphatic carbocycles. The van der Waals surface area contributed by atoms with Crippen molar-refractivity contribution in [3.05, 3.63) is 83.2 Å². The SMILES string of the molecule is CN(C)c1cccc(C2(c3cccc(N(C)C)c3)C=Cc3[c]nn(C(N)=O)c3C2)c1. The number of primary amides is 1. The largest absolute Gasteiger partial charge is 0.378 e. The summed E-state index contributed by atoms with van der Waals surface area (Å²) in [7, 11) is 8.13. The summed E-state index contributed by atoms with van der Waals surface area (Å²) in [6.45, 7) is 0. The number of fused-ring (bicyclic) bond motifs is 1. The first kappa shape index (κ1) is 19.8. The van der Waals surface area contributed by atoms with Crippen LogP contribution in [0.2, 0.25) is 0 Å². The number of nitrogens with two attached hydrogens (primary N) is 1. The van der Waals surface area contributed by atoms with E-state index in [0.717, 1.165) is 33.8 Å². The summed E-state index contributed by atoms with van der Waals surface area (Å²) in [6.07, 6.45) is 7.67. The number of anilines is 2. The van der Waals surface area contributed by atoms with Gasteiger partial charge in [0, 0.05) is 57.0 Å². The molecule has 1 aromatic heterocycles. The lowest BCUT2D eigenvalue weighted by molar-refractivity contribution is 0.246. The minimum absolute atomic E-state index is 0.466. The molecule has 0 bridgehead atoms. The van der Waals surface area contributed by atoms with Gasteiger partial charge in [0.05, 0.1) is 5.69 Å². The van der Waals surface area contributed by atoms with Crippen LogP contribution in [0.25, 0.3) is 6.08 Å². The quantitative estimate of drug-likeness (QED) is 0.730. The number of nitrogens with zero attached hydrogens (tertiary/aromatic N) is 4. The Labute approximate surface area is 177 Å². The number of hydrogen-bond acceptors (Lipinski definition) is 4. The van der Waals surface area contributed by atoms with Crippen LogP contribution in [0.1, 0.15) is 22.4 Å². The summed E-state index contributed by atoms with van der Waals surface area (Å²) in [5.74, 6) is 0. The van der Waals surface area contributed by atoms with E-state index in [1.54, 1.807) is 0 Å². The molecule has 0 saturated heterocycles. The highest BCUT2D eigenvalue weighted by atomic mass is 16.2. The van der Waals surface area contributed by atoms with E-state index in [2.05, 4.69) is 75.7 Å². The van der Waals surface area contributed by atoms with Crippen molar-refractivity contribution in [3.63, 3.8) is 0 Å². The molecule has 2 aromatic carbocycles. The van der Waals surface area contributed by atoms with Gasteiger partial charge < -0.3 is 15.5 Å². The molecule has 1 radical (unpaired) electrons. The second-order valence-electron chi connectivity index (χ2n) is 8.09. The third-order valence-electron chi connectivity index (χ3n) is 5.78. The zero-order valence-corrected chi connectivity index (χ0v) is 17.8. The zero-order valence-electron chi connectivity index (χ0n) is 17.8. The Hall–Kier alpha value is -3.54. The van der Waals surface area contributed by atoms with Crippen LogP contribution in [0, 0.1) is 6.20 Å². The summed E-state index contributed by atoms with van der Waals surface area (Å²) in [6, 6.07) is 16.4. The predicted octanol–water partition coefficient (Wildman–Crippen LogP) is 3.30. The van der Waals surface area contributed by atoms with E-state index < -0.39 is 11.4 Å². The molecule has 0 spiro atoms. The van der Waals surface area contributed by atoms with Gasteiger partial charge in [-0.25, -0.2) is 4.79 Å². The maximum atomic E-state index is 12.0. The van der Waals surface area contributed by atoms with E-state index in [-0.39, 0.29) is 0 Å². The van der Waals surface area contributed by atoms with Crippen LogP contribution in [0.3, 0.4) is 0 Å². The van der Waals surface area contributed by atoms with Crippen molar-refractivity contribution in [1.29, 1.82) is 0 Å². The summed E-state index contributed by atoms with van der Waals surface area (Å²) >= 11 is 0. The van der Waals surface area contributed by atoms with Gasteiger partial charge in [-0.1, -0.05) is 36.4 Å². The number of carbonyl (C=O) groups is 1. The number of allylic oxidation sites excluding steroid dienone is 1. The van der Waals surface area contributed by atoms with E-state index in [4.69, 9.17) is 5.73 Å². The molecule has 30 heavy (non-hydrogen) atoms. The second-order valence-corrected chi connectivity index (χ2v) is 8.09. The Morgan fingerprint density at radius 2 is 1.60 bits per heavy atom. The van der Waals surface area contributed by atoms with Crippen molar-refractivity contribution >= 4 is 23.5 Å². The lowest BCUT2D eigenvalue weighted by Crippen LogP contribution is -2.34. The van der Waals surface area contributed by atoms with E-state index in [1.807, 2.05) is 34.3 Å². The van der Waals surface area contributed by atoms with Gasteiger partial charge in [0.25, 0.3) is 0 Å². The molecule has 1 amide bonds. The molecule has 0 unspecified atom stereocenters. The lowest BCUT2D eigenvalue weighted by Gasteiger charge is -2.36. The van der Waals surface area contributed by atoms with E-state index in [9.17, 15) is 4.79 Å². The predicted molar refractivity (Wildman–Crippen MR) is 121 cm³/mol. The highest BCUT2D eigenvalue weighted by Gasteiger charge is 2.37. The molecular weight excluding hydrogens is 374 g/mol. The number of aromatic nitrogens is 2. The van der Waals surface area contributed by atoms with Crippen LogP contribution in [-0.4, -0.2) is 44.0 Å². The standard InChI is InChI=1S/C24H26N5O/c1-27(2)20-9-5-7-18(13-20)24(19-8-6-10-21(14-19)28(3)4)12-11-17-16-26-29(23(25)30)22(17)15-24/h5-14H,15H2,1-4H3,(H2,25,30). The Bertz CT molecular complexity index is 1070. The average molecular weight is 401 g/mol. The van der Waals surface area contributed by atoms with Crippen LogP contribution in [0.15, 0.2) is 54.6 Å². The summed E-state index contributed by atoms with van der Waals surface area (Å²) < 4.78 is 1.26. The highest BCUT2D eigenvalue weighted by molar-refractivity contribution is 5.77. The Morgan fingerprint density at radius 3 is 2.10 bits per heavy atom. The molecule has 6 nitrogen and oxygen atoms in total. The van der Waals surface area contributed by atoms with Crippen molar-refractivity contribution in [2.75, 3.05) is 38.0 Å². The molecule has 0 atom stereocenters. The number of amides is 1. The monoisotopic (exact) mass is 400 g/mol. The fraction of sp³-hybridized carbons (Fsp3) is 0.250. The van der Waals surface area contributed by atoms with E-state index in [0.29, 0.717) is 6.42 Å². The van der Waals surface area contributed by atoms with Gasteiger partial charge in [-0.3, -0.25) is 0 Å². The third-order valence-corrected chi connectivity index (χ3v) is 5.78. The number of hydrogen-bond donors (Lipinski definition) is 1. The highest BCUT2D eigenvalue weighted by Crippen LogP contribution is 2.43. The molecule has 1 aliphatic rings. The first-order valence-electron chi connectivity index (χ1n) is 9.86. The van der Waals surface area contributed by atoms with Crippen molar-refractivity contribution < 1.29 is 4.79 Å². The smallest absolute Gasteiger partial charge is 0.339 e. The van der Waals surface area contributed by atoms with E-state index in [1.165, 1.54) is 4.68 Å². The first-order valence-corrected chi connectivity index (χ1v) is 9.86. The Kier molecular flexibility index (Phi) is 4.86. The molecule has 0 fully saturated rings. The first-order chi connectivity index (χ1) is 14.3. The minimum Gasteiger partial charge on any atom is -0.378 e. The molecule has 153 valence electrons. The maximum Gasteiger partial charge on any atom is 0.339 e. The van der Waals surface area contributed by atoms with Crippen molar-refractivity contribution in [2.45, 2.75) is 11.8 Å². The van der Waals surface area contributed by atoms with Gasteiger partial charge in [0.1, 0.15) is 6.20 Å². The number of benzene rings is 2. The third kappa shape index (κ3) is 3.24. The molecular formula is C24H26N5O. The minimum atomic E-state index is -0.596. The summed E-state index contributed by atoms with van der Waals surface area (Å²) in [5, 5.41) is 4.09. The second kappa shape index (κ2) is 7.37. The molecule has 3 aromatic rings. The van der Waals surface area contributed by atoms with E-state index >= 15 is 0 Å². The van der Waals surface area contributed by atoms with Crippen LogP contribution in [-0.2, 0) is 11.8 Å². The van der Waals surface area contributed by atoms with Gasteiger partial charge in [-0.05, 0) is 35.4 Å². The molecule has 6 heteroatoms. The van der Waals surface area contributed by atoms with Crippen LogP contribution in [0.5, 0.6) is 0 Å². The normalized spacial score (nSPS) is 14.3. The summed E-state index contributed by atoms with van der Waals surface area (Å²) in [5.41, 5.74) is 11.2. The maximum absolute atomic E-state index is 12.0. The molecule has 0 saturated carbocycles. The molecule has 2 N–H and O–H groups in total. The fourth-order valence-electron chi connectivity index (χ4n) is 4.06. The number of carbonyl (C=O) groups excluding carboxylic acids is 1. The van der Waals surface area contributed by atoms with Crippen LogP contribution in [0.4, 0.5) is 16.2 Å². The lowest BCUT2D eigenvalue weighted by atomic mass is 9.68. The molecule has 4 rings (SSSR count). The zero-order chi connectivity index (χ0) is 21.5. The van der Waals surface area contributed by atoms with Crippen molar-refractivity contribution in [3.8, 4) is 0 Å². The Morgan fingerprint density at radius 1 is 1.03 bits per heavy atom. The van der Waals surface area contributed by atoms with Crippen LogP contribution >= 0.6 is 0 Å². The van der Waals surface area contributed by atoms with Gasteiger partial charge in [-0.15, -0.1) is 0 Å². The van der Waals surface area contributed by atoms with Crippen LogP contribution < -0.4 is 15.5 Å².